The van der Waals surface area contributed by atoms with E-state index >= 15 is 0 Å². The van der Waals surface area contributed by atoms with Crippen LogP contribution in [0.1, 0.15) is 44.1 Å². The molecule has 1 N–H and O–H groups in total. The van der Waals surface area contributed by atoms with Gasteiger partial charge in [0.05, 0.1) is 6.10 Å². The predicted octanol–water partition coefficient (Wildman–Crippen LogP) is 4.52. The van der Waals surface area contributed by atoms with Gasteiger partial charge in [0.25, 0.3) is 0 Å². The molecule has 0 radical (unpaired) electrons. The highest BCUT2D eigenvalue weighted by Crippen LogP contribution is 2.22. The standard InChI is InChI=1S/C16H21ClO/c17-15-10-6-7-13(11-15)12-16(18)14-8-4-2-1-3-5-9-14/h6-8,10-11,16,18H,1-5,9,12H2/b14-8+. The molecule has 0 spiro atoms. The first-order valence-corrected chi connectivity index (χ1v) is 7.25. The van der Waals surface area contributed by atoms with Crippen LogP contribution in [0.3, 0.4) is 0 Å². The molecule has 0 aromatic heterocycles. The third kappa shape index (κ3) is 4.15. The average Bonchev–Trinajstić information content (AvgIpc) is 2.28. The lowest BCUT2D eigenvalue weighted by Crippen LogP contribution is -2.14. The number of aliphatic hydroxyl groups excluding tert-OH is 1. The zero-order chi connectivity index (χ0) is 12.8. The molecule has 1 aliphatic rings. The van der Waals surface area contributed by atoms with E-state index < -0.39 is 0 Å². The van der Waals surface area contributed by atoms with Crippen molar-refractivity contribution in [1.82, 2.24) is 0 Å². The van der Waals surface area contributed by atoms with Crippen LogP contribution in [0.25, 0.3) is 0 Å². The Morgan fingerprint density at radius 3 is 2.83 bits per heavy atom. The summed E-state index contributed by atoms with van der Waals surface area (Å²) in [5.41, 5.74) is 2.33. The van der Waals surface area contributed by atoms with Crippen LogP contribution in [0.4, 0.5) is 0 Å². The smallest absolute Gasteiger partial charge is 0.0790 e. The second-order valence-electron chi connectivity index (χ2n) is 5.08. The summed E-state index contributed by atoms with van der Waals surface area (Å²) in [6.07, 6.45) is 9.81. The van der Waals surface area contributed by atoms with Gasteiger partial charge in [0.15, 0.2) is 0 Å². The summed E-state index contributed by atoms with van der Waals surface area (Å²) >= 11 is 5.97. The highest BCUT2D eigenvalue weighted by atomic mass is 35.5. The first kappa shape index (κ1) is 13.6. The van der Waals surface area contributed by atoms with Crippen LogP contribution < -0.4 is 0 Å². The van der Waals surface area contributed by atoms with E-state index in [9.17, 15) is 5.11 Å². The molecule has 0 fully saturated rings. The maximum Gasteiger partial charge on any atom is 0.0790 e. The first-order chi connectivity index (χ1) is 8.75. The first-order valence-electron chi connectivity index (χ1n) is 6.87. The molecular weight excluding hydrogens is 244 g/mol. The van der Waals surface area contributed by atoms with Crippen molar-refractivity contribution in [3.63, 3.8) is 0 Å². The Morgan fingerprint density at radius 2 is 2.00 bits per heavy atom. The van der Waals surface area contributed by atoms with E-state index in [1.54, 1.807) is 0 Å². The third-order valence-corrected chi connectivity index (χ3v) is 3.81. The second kappa shape index (κ2) is 6.96. The van der Waals surface area contributed by atoms with E-state index in [0.717, 1.165) is 23.4 Å². The quantitative estimate of drug-likeness (QED) is 0.796. The van der Waals surface area contributed by atoms with Crippen LogP contribution in [0.15, 0.2) is 35.9 Å². The Bertz CT molecular complexity index is 411. The van der Waals surface area contributed by atoms with E-state index in [-0.39, 0.29) is 6.10 Å². The van der Waals surface area contributed by atoms with Crippen molar-refractivity contribution in [1.29, 1.82) is 0 Å². The van der Waals surface area contributed by atoms with E-state index in [4.69, 9.17) is 11.6 Å². The minimum absolute atomic E-state index is 0.346. The summed E-state index contributed by atoms with van der Waals surface area (Å²) < 4.78 is 0. The summed E-state index contributed by atoms with van der Waals surface area (Å²) in [5.74, 6) is 0. The molecule has 1 aliphatic carbocycles. The van der Waals surface area contributed by atoms with Gasteiger partial charge in [-0.15, -0.1) is 0 Å². The highest BCUT2D eigenvalue weighted by Gasteiger charge is 2.12. The third-order valence-electron chi connectivity index (χ3n) is 3.57. The van der Waals surface area contributed by atoms with Crippen LogP contribution in [-0.2, 0) is 6.42 Å². The van der Waals surface area contributed by atoms with Gasteiger partial charge in [-0.05, 0) is 49.0 Å². The average molecular weight is 265 g/mol. The maximum absolute atomic E-state index is 10.3. The van der Waals surface area contributed by atoms with Crippen molar-refractivity contribution >= 4 is 11.6 Å². The number of aliphatic hydroxyl groups is 1. The number of halogens is 1. The lowest BCUT2D eigenvalue weighted by molar-refractivity contribution is 0.205. The van der Waals surface area contributed by atoms with Gasteiger partial charge >= 0.3 is 0 Å². The number of allylic oxidation sites excluding steroid dienone is 1. The molecule has 1 unspecified atom stereocenters. The molecule has 0 heterocycles. The number of hydrogen-bond donors (Lipinski definition) is 1. The van der Waals surface area contributed by atoms with Gasteiger partial charge in [-0.1, -0.05) is 42.7 Å². The van der Waals surface area contributed by atoms with Crippen molar-refractivity contribution in [2.45, 2.75) is 51.0 Å². The van der Waals surface area contributed by atoms with E-state index in [2.05, 4.69) is 6.08 Å². The Morgan fingerprint density at radius 1 is 1.17 bits per heavy atom. The van der Waals surface area contributed by atoms with Gasteiger partial charge in [0.2, 0.25) is 0 Å². The van der Waals surface area contributed by atoms with Crippen LogP contribution in [0.5, 0.6) is 0 Å². The molecule has 1 aromatic rings. The molecule has 2 heteroatoms. The maximum atomic E-state index is 10.3. The molecule has 1 nitrogen and oxygen atoms in total. The summed E-state index contributed by atoms with van der Waals surface area (Å²) in [6.45, 7) is 0. The number of rotatable bonds is 3. The molecule has 0 aliphatic heterocycles. The molecular formula is C16H21ClO. The molecule has 0 saturated heterocycles. The van der Waals surface area contributed by atoms with Gasteiger partial charge in [-0.25, -0.2) is 0 Å². The molecule has 1 aromatic carbocycles. The SMILES string of the molecule is OC(Cc1cccc(Cl)c1)/C1=C/CCCCCC1. The molecule has 98 valence electrons. The minimum atomic E-state index is -0.346. The fraction of sp³-hybridized carbons (Fsp3) is 0.500. The van der Waals surface area contributed by atoms with E-state index in [1.165, 1.54) is 31.3 Å². The van der Waals surface area contributed by atoms with Crippen molar-refractivity contribution in [2.24, 2.45) is 0 Å². The van der Waals surface area contributed by atoms with Crippen molar-refractivity contribution in [3.8, 4) is 0 Å². The van der Waals surface area contributed by atoms with Crippen LogP contribution in [0.2, 0.25) is 5.02 Å². The Kier molecular flexibility index (Phi) is 5.27. The number of hydrogen-bond acceptors (Lipinski definition) is 1. The normalized spacial score (nSPS) is 21.6. The van der Waals surface area contributed by atoms with Gasteiger partial charge in [0, 0.05) is 11.4 Å². The fourth-order valence-electron chi connectivity index (χ4n) is 2.54. The van der Waals surface area contributed by atoms with Gasteiger partial charge < -0.3 is 5.11 Å². The summed E-state index contributed by atoms with van der Waals surface area (Å²) in [4.78, 5) is 0. The summed E-state index contributed by atoms with van der Waals surface area (Å²) in [6, 6.07) is 7.77. The minimum Gasteiger partial charge on any atom is -0.388 e. The predicted molar refractivity (Wildman–Crippen MR) is 76.9 cm³/mol. The van der Waals surface area contributed by atoms with E-state index in [0.29, 0.717) is 6.42 Å². The largest absolute Gasteiger partial charge is 0.388 e. The Labute approximate surface area is 114 Å². The molecule has 18 heavy (non-hydrogen) atoms. The van der Waals surface area contributed by atoms with Crippen molar-refractivity contribution in [2.75, 3.05) is 0 Å². The van der Waals surface area contributed by atoms with Crippen LogP contribution in [-0.4, -0.2) is 11.2 Å². The Balaban J connectivity index is 1.99. The monoisotopic (exact) mass is 264 g/mol. The van der Waals surface area contributed by atoms with Crippen molar-refractivity contribution < 1.29 is 5.11 Å². The number of benzene rings is 1. The fourth-order valence-corrected chi connectivity index (χ4v) is 2.75. The lowest BCUT2D eigenvalue weighted by atomic mass is 9.93. The van der Waals surface area contributed by atoms with Gasteiger partial charge in [-0.3, -0.25) is 0 Å². The molecule has 0 amide bonds. The second-order valence-corrected chi connectivity index (χ2v) is 5.52. The lowest BCUT2D eigenvalue weighted by Gasteiger charge is -2.17. The summed E-state index contributed by atoms with van der Waals surface area (Å²) in [5, 5.41) is 11.1. The highest BCUT2D eigenvalue weighted by molar-refractivity contribution is 6.30. The molecule has 0 saturated carbocycles. The van der Waals surface area contributed by atoms with Crippen molar-refractivity contribution in [3.05, 3.63) is 46.5 Å². The zero-order valence-electron chi connectivity index (χ0n) is 10.7. The zero-order valence-corrected chi connectivity index (χ0v) is 11.5. The van der Waals surface area contributed by atoms with Gasteiger partial charge in [0.1, 0.15) is 0 Å². The van der Waals surface area contributed by atoms with Crippen LogP contribution >= 0.6 is 11.6 Å². The van der Waals surface area contributed by atoms with E-state index in [1.807, 2.05) is 24.3 Å². The Hall–Kier alpha value is -0.790. The molecule has 0 bridgehead atoms. The molecule has 2 rings (SSSR count). The topological polar surface area (TPSA) is 20.2 Å². The van der Waals surface area contributed by atoms with Gasteiger partial charge in [-0.2, -0.15) is 0 Å². The molecule has 1 atom stereocenters. The van der Waals surface area contributed by atoms with Crippen LogP contribution in [0, 0.1) is 0 Å². The summed E-state index contributed by atoms with van der Waals surface area (Å²) in [7, 11) is 0.